The van der Waals surface area contributed by atoms with Crippen molar-refractivity contribution >= 4 is 18.4 Å². The predicted molar refractivity (Wildman–Crippen MR) is 44.3 cm³/mol. The van der Waals surface area contributed by atoms with E-state index >= 15 is 0 Å². The molecule has 1 N–H and O–H groups in total. The molecule has 0 amide bonds. The molecular weight excluding hydrogens is 148 g/mol. The molecule has 0 aliphatic carbocycles. The van der Waals surface area contributed by atoms with E-state index in [1.165, 1.54) is 0 Å². The molecule has 0 aliphatic heterocycles. The van der Waals surface area contributed by atoms with Crippen molar-refractivity contribution in [2.45, 2.75) is 26.0 Å². The molecule has 1 atom stereocenters. The summed E-state index contributed by atoms with van der Waals surface area (Å²) in [5.74, 6) is -0.0154. The molecule has 0 bridgehead atoms. The number of Topliss-reactive ketones (excluding diaryl/α,β-unsaturated/α-hetero) is 1. The minimum absolute atomic E-state index is 0.0154. The molecule has 3 heteroatoms. The molecule has 10 heavy (non-hydrogen) atoms. The standard InChI is InChI=1S/C7H14O2S/c1-7(2,3)6(9)5(10)4-8/h5,8,10H,4H2,1-3H3. The van der Waals surface area contributed by atoms with Gasteiger partial charge in [0.15, 0.2) is 5.78 Å². The van der Waals surface area contributed by atoms with Crippen LogP contribution >= 0.6 is 12.6 Å². The third kappa shape index (κ3) is 2.71. The molecule has 2 nitrogen and oxygen atoms in total. The quantitative estimate of drug-likeness (QED) is 0.592. The van der Waals surface area contributed by atoms with Gasteiger partial charge in [0.05, 0.1) is 11.9 Å². The number of thiol groups is 1. The van der Waals surface area contributed by atoms with Crippen molar-refractivity contribution in [2.24, 2.45) is 5.41 Å². The lowest BCUT2D eigenvalue weighted by atomic mass is 9.89. The van der Waals surface area contributed by atoms with E-state index in [4.69, 9.17) is 5.11 Å². The number of ketones is 1. The Kier molecular flexibility index (Phi) is 3.39. The van der Waals surface area contributed by atoms with Gasteiger partial charge in [-0.3, -0.25) is 4.79 Å². The maximum Gasteiger partial charge on any atom is 0.153 e. The Hall–Kier alpha value is -0.0200. The molecule has 0 aromatic carbocycles. The van der Waals surface area contributed by atoms with Crippen LogP contribution in [0.5, 0.6) is 0 Å². The first kappa shape index (κ1) is 9.98. The first-order valence-corrected chi connectivity index (χ1v) is 3.74. The molecule has 0 aliphatic rings. The van der Waals surface area contributed by atoms with Crippen LogP contribution in [0.1, 0.15) is 20.8 Å². The summed E-state index contributed by atoms with van der Waals surface area (Å²) in [7, 11) is 0. The number of aliphatic hydroxyl groups excluding tert-OH is 1. The Balaban J connectivity index is 4.09. The van der Waals surface area contributed by atoms with Crippen LogP contribution in [-0.4, -0.2) is 22.7 Å². The van der Waals surface area contributed by atoms with E-state index in [1.54, 1.807) is 0 Å². The van der Waals surface area contributed by atoms with Gasteiger partial charge in [-0.15, -0.1) is 0 Å². The molecule has 0 saturated carbocycles. The predicted octanol–water partition coefficient (Wildman–Crippen LogP) is 0.892. The number of rotatable bonds is 2. The van der Waals surface area contributed by atoms with Gasteiger partial charge in [-0.05, 0) is 0 Å². The van der Waals surface area contributed by atoms with Crippen LogP contribution in [0, 0.1) is 5.41 Å². The average molecular weight is 162 g/mol. The summed E-state index contributed by atoms with van der Waals surface area (Å²) < 4.78 is 0. The first-order valence-electron chi connectivity index (χ1n) is 3.23. The van der Waals surface area contributed by atoms with Crippen molar-refractivity contribution in [1.82, 2.24) is 0 Å². The fourth-order valence-corrected chi connectivity index (χ4v) is 0.970. The van der Waals surface area contributed by atoms with Crippen LogP contribution in [0.2, 0.25) is 0 Å². The van der Waals surface area contributed by atoms with Gasteiger partial charge in [0, 0.05) is 5.41 Å². The highest BCUT2D eigenvalue weighted by Gasteiger charge is 2.26. The van der Waals surface area contributed by atoms with E-state index in [9.17, 15) is 4.79 Å². The summed E-state index contributed by atoms with van der Waals surface area (Å²) in [5, 5.41) is 8.04. The van der Waals surface area contributed by atoms with Crippen molar-refractivity contribution in [3.63, 3.8) is 0 Å². The van der Waals surface area contributed by atoms with Crippen LogP contribution < -0.4 is 0 Å². The van der Waals surface area contributed by atoms with E-state index < -0.39 is 10.7 Å². The zero-order chi connectivity index (χ0) is 8.36. The molecule has 1 unspecified atom stereocenters. The summed E-state index contributed by atoms with van der Waals surface area (Å²) in [5.41, 5.74) is -0.394. The van der Waals surface area contributed by atoms with Crippen molar-refractivity contribution in [3.05, 3.63) is 0 Å². The number of aliphatic hydroxyl groups is 1. The van der Waals surface area contributed by atoms with E-state index in [2.05, 4.69) is 12.6 Å². The molecule has 0 fully saturated rings. The highest BCUT2D eigenvalue weighted by Crippen LogP contribution is 2.18. The highest BCUT2D eigenvalue weighted by molar-refractivity contribution is 7.81. The fraction of sp³-hybridized carbons (Fsp3) is 0.857. The lowest BCUT2D eigenvalue weighted by molar-refractivity contribution is -0.126. The minimum atomic E-state index is -0.528. The van der Waals surface area contributed by atoms with Crippen LogP contribution in [-0.2, 0) is 4.79 Å². The Labute approximate surface area is 67.0 Å². The maximum absolute atomic E-state index is 11.2. The molecule has 0 aromatic heterocycles. The van der Waals surface area contributed by atoms with Gasteiger partial charge in [-0.2, -0.15) is 12.6 Å². The zero-order valence-corrected chi connectivity index (χ0v) is 7.48. The highest BCUT2D eigenvalue weighted by atomic mass is 32.1. The summed E-state index contributed by atoms with van der Waals surface area (Å²) in [6.45, 7) is 5.26. The summed E-state index contributed by atoms with van der Waals surface area (Å²) in [4.78, 5) is 11.2. The third-order valence-corrected chi connectivity index (χ3v) is 1.61. The molecule has 0 heterocycles. The number of hydrogen-bond acceptors (Lipinski definition) is 3. The average Bonchev–Trinajstić information content (AvgIpc) is 1.83. The maximum atomic E-state index is 11.2. The SMILES string of the molecule is CC(C)(C)C(=O)C(S)CO. The summed E-state index contributed by atoms with van der Waals surface area (Å²) in [6.07, 6.45) is 0. The second-order valence-corrected chi connectivity index (χ2v) is 3.94. The Morgan fingerprint density at radius 3 is 2.10 bits per heavy atom. The largest absolute Gasteiger partial charge is 0.395 e. The van der Waals surface area contributed by atoms with Crippen molar-refractivity contribution in [1.29, 1.82) is 0 Å². The van der Waals surface area contributed by atoms with Gasteiger partial charge in [0.1, 0.15) is 0 Å². The minimum Gasteiger partial charge on any atom is -0.395 e. The summed E-state index contributed by atoms with van der Waals surface area (Å²) in [6, 6.07) is 0. The van der Waals surface area contributed by atoms with Gasteiger partial charge in [0.2, 0.25) is 0 Å². The van der Waals surface area contributed by atoms with Crippen molar-refractivity contribution in [2.75, 3.05) is 6.61 Å². The van der Waals surface area contributed by atoms with E-state index in [0.717, 1.165) is 0 Å². The molecule has 0 rings (SSSR count). The van der Waals surface area contributed by atoms with Gasteiger partial charge >= 0.3 is 0 Å². The van der Waals surface area contributed by atoms with Crippen LogP contribution in [0.4, 0.5) is 0 Å². The van der Waals surface area contributed by atoms with Gasteiger partial charge in [-0.25, -0.2) is 0 Å². The summed E-state index contributed by atoms with van der Waals surface area (Å²) >= 11 is 3.92. The van der Waals surface area contributed by atoms with Crippen molar-refractivity contribution < 1.29 is 9.90 Å². The second-order valence-electron chi connectivity index (χ2n) is 3.31. The first-order chi connectivity index (χ1) is 4.39. The lowest BCUT2D eigenvalue weighted by Gasteiger charge is -2.19. The topological polar surface area (TPSA) is 37.3 Å². The zero-order valence-electron chi connectivity index (χ0n) is 6.59. The van der Waals surface area contributed by atoms with E-state index in [1.807, 2.05) is 20.8 Å². The third-order valence-electron chi connectivity index (χ3n) is 1.21. The van der Waals surface area contributed by atoms with Crippen molar-refractivity contribution in [3.8, 4) is 0 Å². The molecule has 0 radical (unpaired) electrons. The normalized spacial score (nSPS) is 14.9. The number of hydrogen-bond donors (Lipinski definition) is 2. The molecule has 0 aromatic rings. The molecule has 60 valence electrons. The van der Waals surface area contributed by atoms with Crippen LogP contribution in [0.15, 0.2) is 0 Å². The fourth-order valence-electron chi connectivity index (χ4n) is 0.583. The second kappa shape index (κ2) is 3.39. The Morgan fingerprint density at radius 2 is 2.00 bits per heavy atom. The van der Waals surface area contributed by atoms with E-state index in [-0.39, 0.29) is 12.4 Å². The monoisotopic (exact) mass is 162 g/mol. The molecule has 0 spiro atoms. The van der Waals surface area contributed by atoms with Gasteiger partial charge < -0.3 is 5.11 Å². The molecule has 0 saturated heterocycles. The van der Waals surface area contributed by atoms with Crippen LogP contribution in [0.3, 0.4) is 0 Å². The number of carbonyl (C=O) groups excluding carboxylic acids is 1. The smallest absolute Gasteiger partial charge is 0.153 e. The van der Waals surface area contributed by atoms with Gasteiger partial charge in [-0.1, -0.05) is 20.8 Å². The van der Waals surface area contributed by atoms with Gasteiger partial charge in [0.25, 0.3) is 0 Å². The number of carbonyl (C=O) groups is 1. The Bertz CT molecular complexity index is 126. The van der Waals surface area contributed by atoms with Crippen LogP contribution in [0.25, 0.3) is 0 Å². The lowest BCUT2D eigenvalue weighted by Crippen LogP contribution is -2.31. The molecular formula is C7H14O2S. The Morgan fingerprint density at radius 1 is 1.60 bits per heavy atom. The van der Waals surface area contributed by atoms with E-state index in [0.29, 0.717) is 0 Å².